The highest BCUT2D eigenvalue weighted by Gasteiger charge is 2.50. The second-order valence-electron chi connectivity index (χ2n) is 13.1. The Hall–Kier alpha value is -2.35. The van der Waals surface area contributed by atoms with E-state index in [-0.39, 0.29) is 41.7 Å². The van der Waals surface area contributed by atoms with Crippen molar-refractivity contribution in [2.24, 2.45) is 11.3 Å². The summed E-state index contributed by atoms with van der Waals surface area (Å²) in [5.41, 5.74) is 2.19. The molecule has 7 atom stereocenters. The standard InChI is InChI=1S/C32H45FN6O2/c1-3-29(40)39-17-16-38(20-23(39)11-14-34)30-25-10-13-32(12-9-22-6-4-8-27(33)26(22)18-32)19-28(25)35-31(36-30)41-21-24-7-5-15-37(24)2/h3-4,6,8,23-25,28,30-31,35-36H,1,5,7,9-13,15-21H2,2H3. The Labute approximate surface area is 243 Å². The van der Waals surface area contributed by atoms with Crippen LogP contribution in [0.15, 0.2) is 30.9 Å². The molecule has 3 saturated heterocycles. The summed E-state index contributed by atoms with van der Waals surface area (Å²) < 4.78 is 21.4. The third-order valence-corrected chi connectivity index (χ3v) is 10.8. The number of likely N-dealkylation sites (tertiary alicyclic amines) is 1. The Bertz CT molecular complexity index is 1170. The van der Waals surface area contributed by atoms with Gasteiger partial charge in [0.1, 0.15) is 5.82 Å². The first-order valence-electron chi connectivity index (χ1n) is 15.5. The molecule has 1 aromatic rings. The van der Waals surface area contributed by atoms with Crippen LogP contribution in [0.25, 0.3) is 0 Å². The quantitative estimate of drug-likeness (QED) is 0.514. The number of likely N-dealkylation sites (N-methyl/N-ethyl adjacent to an activating group) is 1. The molecule has 6 rings (SSSR count). The number of hydrogen-bond donors (Lipinski definition) is 2. The van der Waals surface area contributed by atoms with Crippen LogP contribution in [0.1, 0.15) is 56.1 Å². The molecule has 0 bridgehead atoms. The first kappa shape index (κ1) is 28.8. The second kappa shape index (κ2) is 12.1. The molecule has 1 saturated carbocycles. The van der Waals surface area contributed by atoms with Gasteiger partial charge >= 0.3 is 0 Å². The van der Waals surface area contributed by atoms with Crippen LogP contribution in [0.3, 0.4) is 0 Å². The SMILES string of the molecule is C=CC(=O)N1CCN(C2NC(OCC3CCCN3C)NC3CC4(CCc5cccc(F)c5C4)CCC32)CC1CC#N. The molecule has 0 radical (unpaired) electrons. The van der Waals surface area contributed by atoms with Crippen LogP contribution >= 0.6 is 0 Å². The van der Waals surface area contributed by atoms with E-state index in [0.717, 1.165) is 63.6 Å². The fourth-order valence-corrected chi connectivity index (χ4v) is 8.45. The van der Waals surface area contributed by atoms with E-state index in [1.54, 1.807) is 11.0 Å². The number of amides is 1. The largest absolute Gasteiger partial charge is 0.348 e. The lowest BCUT2D eigenvalue weighted by atomic mass is 9.59. The van der Waals surface area contributed by atoms with Gasteiger partial charge in [0, 0.05) is 37.6 Å². The van der Waals surface area contributed by atoms with Crippen molar-refractivity contribution in [2.75, 3.05) is 39.8 Å². The molecule has 5 aliphatic rings. The zero-order valence-electron chi connectivity index (χ0n) is 24.4. The molecule has 7 unspecified atom stereocenters. The molecule has 222 valence electrons. The fourth-order valence-electron chi connectivity index (χ4n) is 8.45. The number of carbonyl (C=O) groups excluding carboxylic acids is 1. The van der Waals surface area contributed by atoms with E-state index in [9.17, 15) is 14.4 Å². The van der Waals surface area contributed by atoms with Crippen LogP contribution in [0.4, 0.5) is 4.39 Å². The van der Waals surface area contributed by atoms with Gasteiger partial charge in [-0.25, -0.2) is 4.39 Å². The van der Waals surface area contributed by atoms with Gasteiger partial charge in [-0.1, -0.05) is 18.7 Å². The van der Waals surface area contributed by atoms with Crippen molar-refractivity contribution in [1.82, 2.24) is 25.3 Å². The molecule has 3 heterocycles. The molecule has 4 fully saturated rings. The van der Waals surface area contributed by atoms with Crippen molar-refractivity contribution in [3.8, 4) is 6.07 Å². The van der Waals surface area contributed by atoms with Crippen LogP contribution < -0.4 is 10.6 Å². The average molecular weight is 565 g/mol. The van der Waals surface area contributed by atoms with Crippen molar-refractivity contribution in [3.63, 3.8) is 0 Å². The summed E-state index contributed by atoms with van der Waals surface area (Å²) in [6, 6.07) is 8.36. The molecule has 2 aliphatic carbocycles. The number of rotatable bonds is 6. The number of benzene rings is 1. The molecule has 8 nitrogen and oxygen atoms in total. The minimum atomic E-state index is -0.278. The summed E-state index contributed by atoms with van der Waals surface area (Å²) in [4.78, 5) is 19.2. The minimum absolute atomic E-state index is 0.0581. The lowest BCUT2D eigenvalue weighted by molar-refractivity contribution is -0.137. The summed E-state index contributed by atoms with van der Waals surface area (Å²) in [6.07, 6.45) is 9.80. The monoisotopic (exact) mass is 564 g/mol. The lowest BCUT2D eigenvalue weighted by Gasteiger charge is -2.56. The summed E-state index contributed by atoms with van der Waals surface area (Å²) in [5.74, 6) is 0.200. The Balaban J connectivity index is 1.21. The predicted octanol–water partition coefficient (Wildman–Crippen LogP) is 3.00. The first-order valence-corrected chi connectivity index (χ1v) is 15.5. The van der Waals surface area contributed by atoms with E-state index in [1.165, 1.54) is 18.1 Å². The van der Waals surface area contributed by atoms with Crippen molar-refractivity contribution < 1.29 is 13.9 Å². The maximum atomic E-state index is 14.9. The van der Waals surface area contributed by atoms with Gasteiger partial charge in [-0.15, -0.1) is 0 Å². The highest BCUT2D eigenvalue weighted by molar-refractivity contribution is 5.87. The number of fused-ring (bicyclic) bond motifs is 2. The molecule has 41 heavy (non-hydrogen) atoms. The second-order valence-corrected chi connectivity index (χ2v) is 13.1. The third-order valence-electron chi connectivity index (χ3n) is 10.8. The molecule has 9 heteroatoms. The number of hydrogen-bond acceptors (Lipinski definition) is 7. The Morgan fingerprint density at radius 3 is 2.90 bits per heavy atom. The van der Waals surface area contributed by atoms with Crippen molar-refractivity contribution in [2.45, 2.75) is 88.4 Å². The van der Waals surface area contributed by atoms with Crippen LogP contribution in [0, 0.1) is 28.5 Å². The molecule has 1 aromatic carbocycles. The van der Waals surface area contributed by atoms with Gasteiger partial charge in [0.25, 0.3) is 0 Å². The molecule has 1 amide bonds. The molecule has 0 aromatic heterocycles. The van der Waals surface area contributed by atoms with Gasteiger partial charge in [0.15, 0.2) is 6.35 Å². The third kappa shape index (κ3) is 5.82. The normalized spacial score (nSPS) is 36.0. The van der Waals surface area contributed by atoms with Gasteiger partial charge < -0.3 is 14.5 Å². The van der Waals surface area contributed by atoms with Crippen molar-refractivity contribution in [1.29, 1.82) is 5.26 Å². The molecule has 1 spiro atoms. The van der Waals surface area contributed by atoms with E-state index in [2.05, 4.69) is 46.2 Å². The molecule has 2 N–H and O–H groups in total. The van der Waals surface area contributed by atoms with Crippen LogP contribution in [0.2, 0.25) is 0 Å². The van der Waals surface area contributed by atoms with E-state index in [1.807, 2.05) is 6.07 Å². The lowest BCUT2D eigenvalue weighted by Crippen LogP contribution is -2.72. The number of nitrogens with one attached hydrogen (secondary N) is 2. The summed E-state index contributed by atoms with van der Waals surface area (Å²) in [6.45, 7) is 7.43. The average Bonchev–Trinajstić information content (AvgIpc) is 3.40. The Kier molecular flexibility index (Phi) is 8.49. The fraction of sp³-hybridized carbons (Fsp3) is 0.688. The van der Waals surface area contributed by atoms with E-state index in [4.69, 9.17) is 4.74 Å². The van der Waals surface area contributed by atoms with Crippen LogP contribution in [-0.2, 0) is 22.4 Å². The van der Waals surface area contributed by atoms with Crippen LogP contribution in [0.5, 0.6) is 0 Å². The number of carbonyl (C=O) groups is 1. The number of ether oxygens (including phenoxy) is 1. The van der Waals surface area contributed by atoms with E-state index in [0.29, 0.717) is 38.1 Å². The number of aryl methyl sites for hydroxylation is 1. The zero-order valence-corrected chi connectivity index (χ0v) is 24.4. The smallest absolute Gasteiger partial charge is 0.246 e. The Morgan fingerprint density at radius 2 is 2.12 bits per heavy atom. The highest BCUT2D eigenvalue weighted by Crippen LogP contribution is 2.50. The molecular weight excluding hydrogens is 519 g/mol. The maximum Gasteiger partial charge on any atom is 0.246 e. The van der Waals surface area contributed by atoms with Gasteiger partial charge in [0.2, 0.25) is 5.91 Å². The summed E-state index contributed by atoms with van der Waals surface area (Å²) >= 11 is 0. The minimum Gasteiger partial charge on any atom is -0.348 e. The zero-order chi connectivity index (χ0) is 28.6. The number of nitrogens with zero attached hydrogens (tertiary/aromatic N) is 4. The highest BCUT2D eigenvalue weighted by atomic mass is 19.1. The maximum absolute atomic E-state index is 14.9. The van der Waals surface area contributed by atoms with E-state index < -0.39 is 0 Å². The number of halogens is 1. The topological polar surface area (TPSA) is 83.9 Å². The van der Waals surface area contributed by atoms with Gasteiger partial charge in [0.05, 0.1) is 31.3 Å². The molecular formula is C32H45FN6O2. The van der Waals surface area contributed by atoms with Crippen molar-refractivity contribution >= 4 is 5.91 Å². The van der Waals surface area contributed by atoms with Gasteiger partial charge in [-0.3, -0.25) is 20.3 Å². The van der Waals surface area contributed by atoms with Gasteiger partial charge in [-0.2, -0.15) is 5.26 Å². The summed E-state index contributed by atoms with van der Waals surface area (Å²) in [7, 11) is 2.17. The predicted molar refractivity (Wildman–Crippen MR) is 155 cm³/mol. The Morgan fingerprint density at radius 1 is 1.24 bits per heavy atom. The first-order chi connectivity index (χ1) is 19.9. The number of piperazine rings is 1. The molecule has 3 aliphatic heterocycles. The van der Waals surface area contributed by atoms with E-state index >= 15 is 0 Å². The number of nitriles is 1. The van der Waals surface area contributed by atoms with Crippen LogP contribution in [-0.4, -0.2) is 91.1 Å². The summed E-state index contributed by atoms with van der Waals surface area (Å²) in [5, 5.41) is 17.2. The van der Waals surface area contributed by atoms with Crippen molar-refractivity contribution in [3.05, 3.63) is 47.8 Å². The van der Waals surface area contributed by atoms with Gasteiger partial charge in [-0.05, 0) is 93.6 Å².